The molecule has 8 heteroatoms. The van der Waals surface area contributed by atoms with Crippen LogP contribution in [0.2, 0.25) is 0 Å². The molecule has 1 amide bonds. The topological polar surface area (TPSA) is 89.0 Å². The van der Waals surface area contributed by atoms with Crippen LogP contribution >= 0.6 is 11.3 Å². The molecule has 1 aliphatic heterocycles. The number of rotatable bonds is 5. The Morgan fingerprint density at radius 3 is 2.71 bits per heavy atom. The Morgan fingerprint density at radius 2 is 1.94 bits per heavy atom. The molecule has 3 aromatic heterocycles. The molecule has 0 radical (unpaired) electrons. The van der Waals surface area contributed by atoms with Crippen molar-refractivity contribution in [2.45, 2.75) is 18.9 Å². The van der Waals surface area contributed by atoms with Crippen molar-refractivity contribution in [3.05, 3.63) is 65.9 Å². The van der Waals surface area contributed by atoms with Crippen LogP contribution in [-0.2, 0) is 0 Å². The van der Waals surface area contributed by atoms with Crippen molar-refractivity contribution < 1.29 is 9.53 Å². The number of aromatic nitrogens is 3. The molecule has 0 unspecified atom stereocenters. The molecule has 1 aliphatic rings. The van der Waals surface area contributed by atoms with E-state index in [1.807, 2.05) is 24.3 Å². The smallest absolute Gasteiger partial charge is 0.256 e. The third kappa shape index (κ3) is 4.55. The van der Waals surface area contributed by atoms with E-state index in [4.69, 9.17) is 4.74 Å². The van der Waals surface area contributed by atoms with Crippen LogP contribution in [0.3, 0.4) is 0 Å². The Hall–Kier alpha value is -3.36. The minimum atomic E-state index is -0.223. The summed E-state index contributed by atoms with van der Waals surface area (Å²) in [6.45, 7) is 1.95. The van der Waals surface area contributed by atoms with Gasteiger partial charge in [0.05, 0.1) is 21.6 Å². The summed E-state index contributed by atoms with van der Waals surface area (Å²) in [5.41, 5.74) is 3.94. The highest BCUT2D eigenvalue weighted by atomic mass is 32.1. The van der Waals surface area contributed by atoms with Crippen molar-refractivity contribution in [2.75, 3.05) is 18.4 Å². The van der Waals surface area contributed by atoms with Crippen molar-refractivity contribution in [2.24, 2.45) is 0 Å². The number of nitrogens with zero attached hydrogens (tertiary/aromatic N) is 3. The maximum absolute atomic E-state index is 12.7. The summed E-state index contributed by atoms with van der Waals surface area (Å²) in [6, 6.07) is 12.9. The summed E-state index contributed by atoms with van der Waals surface area (Å²) < 4.78 is 6.00. The molecule has 2 N–H and O–H groups in total. The van der Waals surface area contributed by atoms with E-state index in [1.165, 1.54) is 11.3 Å². The number of carbonyl (C=O) groups excluding carboxylic acids is 1. The molecule has 4 aromatic rings. The summed E-state index contributed by atoms with van der Waals surface area (Å²) in [7, 11) is 0. The Labute approximate surface area is 183 Å². The van der Waals surface area contributed by atoms with Crippen LogP contribution in [0.5, 0.6) is 5.75 Å². The van der Waals surface area contributed by atoms with Gasteiger partial charge >= 0.3 is 0 Å². The van der Waals surface area contributed by atoms with E-state index < -0.39 is 0 Å². The van der Waals surface area contributed by atoms with Crippen LogP contribution in [0.4, 0.5) is 5.82 Å². The number of nitrogens with one attached hydrogen (secondary N) is 2. The van der Waals surface area contributed by atoms with Crippen LogP contribution in [-0.4, -0.2) is 40.1 Å². The molecule has 156 valence electrons. The average molecular weight is 432 g/mol. The highest BCUT2D eigenvalue weighted by Crippen LogP contribution is 2.25. The number of carbonyl (C=O) groups is 1. The first kappa shape index (κ1) is 19.6. The Bertz CT molecular complexity index is 1190. The fourth-order valence-electron chi connectivity index (χ4n) is 3.54. The molecule has 1 saturated heterocycles. The van der Waals surface area contributed by atoms with E-state index in [1.54, 1.807) is 36.1 Å². The normalized spacial score (nSPS) is 14.5. The van der Waals surface area contributed by atoms with Crippen molar-refractivity contribution in [3.63, 3.8) is 0 Å². The van der Waals surface area contributed by atoms with E-state index in [2.05, 4.69) is 25.6 Å². The Balaban J connectivity index is 1.29. The fraction of sp³-hybridized carbons (Fsp3) is 0.217. The zero-order chi connectivity index (χ0) is 21.0. The van der Waals surface area contributed by atoms with Gasteiger partial charge in [0, 0.05) is 29.4 Å². The molecular formula is C23H21N5O2S. The highest BCUT2D eigenvalue weighted by molar-refractivity contribution is 7.13. The second-order valence-electron chi connectivity index (χ2n) is 7.37. The minimum Gasteiger partial charge on any atom is -0.490 e. The Kier molecular flexibility index (Phi) is 5.56. The second kappa shape index (κ2) is 8.79. The predicted octanol–water partition coefficient (Wildman–Crippen LogP) is 4.14. The van der Waals surface area contributed by atoms with Gasteiger partial charge in [-0.3, -0.25) is 9.78 Å². The quantitative estimate of drug-likeness (QED) is 0.494. The summed E-state index contributed by atoms with van der Waals surface area (Å²) >= 11 is 1.54. The standard InChI is InChI=1S/C23H21N5O2S/c29-23(15-1-4-17(5-2-15)30-18-7-9-24-10-8-18)28-22-11-20-16(12-26-22)3-6-19(27-20)21-13-25-14-31-21/h1-6,11-14,18,24H,7-10H2,(H,26,28,29). The summed E-state index contributed by atoms with van der Waals surface area (Å²) in [4.78, 5) is 26.8. The number of pyridine rings is 2. The lowest BCUT2D eigenvalue weighted by atomic mass is 10.1. The van der Waals surface area contributed by atoms with E-state index >= 15 is 0 Å². The Morgan fingerprint density at radius 1 is 1.10 bits per heavy atom. The molecule has 5 rings (SSSR count). The summed E-state index contributed by atoms with van der Waals surface area (Å²) in [6.07, 6.45) is 5.72. The molecule has 1 aromatic carbocycles. The summed E-state index contributed by atoms with van der Waals surface area (Å²) in [5.74, 6) is 1.02. The molecule has 4 heterocycles. The van der Waals surface area contributed by atoms with Crippen molar-refractivity contribution >= 4 is 34.0 Å². The van der Waals surface area contributed by atoms with E-state index in [0.29, 0.717) is 11.4 Å². The number of hydrogen-bond acceptors (Lipinski definition) is 7. The number of anilines is 1. The van der Waals surface area contributed by atoms with Gasteiger partial charge in [-0.25, -0.2) is 9.97 Å². The molecular weight excluding hydrogens is 410 g/mol. The third-order valence-corrected chi connectivity index (χ3v) is 6.00. The first-order valence-electron chi connectivity index (χ1n) is 10.2. The van der Waals surface area contributed by atoms with E-state index in [-0.39, 0.29) is 12.0 Å². The van der Waals surface area contributed by atoms with Crippen molar-refractivity contribution in [1.82, 2.24) is 20.3 Å². The van der Waals surface area contributed by atoms with Crippen molar-refractivity contribution in [1.29, 1.82) is 0 Å². The van der Waals surface area contributed by atoms with Gasteiger partial charge in [0.2, 0.25) is 0 Å². The zero-order valence-electron chi connectivity index (χ0n) is 16.7. The van der Waals surface area contributed by atoms with Gasteiger partial charge in [0.15, 0.2) is 0 Å². The lowest BCUT2D eigenvalue weighted by molar-refractivity contribution is 0.102. The van der Waals surface area contributed by atoms with Crippen LogP contribution in [0.25, 0.3) is 21.5 Å². The molecule has 0 bridgehead atoms. The number of ether oxygens (including phenoxy) is 1. The number of hydrogen-bond donors (Lipinski definition) is 2. The van der Waals surface area contributed by atoms with E-state index in [9.17, 15) is 4.79 Å². The van der Waals surface area contributed by atoms with E-state index in [0.717, 1.165) is 53.2 Å². The molecule has 31 heavy (non-hydrogen) atoms. The maximum Gasteiger partial charge on any atom is 0.256 e. The van der Waals surface area contributed by atoms with Gasteiger partial charge in [0.25, 0.3) is 5.91 Å². The van der Waals surface area contributed by atoms with Gasteiger partial charge in [-0.05, 0) is 62.3 Å². The number of thiazole rings is 1. The largest absolute Gasteiger partial charge is 0.490 e. The summed E-state index contributed by atoms with van der Waals surface area (Å²) in [5, 5.41) is 7.09. The second-order valence-corrected chi connectivity index (χ2v) is 8.26. The lowest BCUT2D eigenvalue weighted by Crippen LogP contribution is -2.34. The van der Waals surface area contributed by atoms with Crippen LogP contribution in [0.15, 0.2) is 60.4 Å². The number of amides is 1. The molecule has 0 atom stereocenters. The number of benzene rings is 1. The molecule has 0 spiro atoms. The average Bonchev–Trinajstić information content (AvgIpc) is 3.35. The highest BCUT2D eigenvalue weighted by Gasteiger charge is 2.15. The zero-order valence-corrected chi connectivity index (χ0v) is 17.6. The molecule has 1 fully saturated rings. The van der Waals surface area contributed by atoms with Crippen LogP contribution in [0, 0.1) is 0 Å². The number of fused-ring (bicyclic) bond motifs is 1. The lowest BCUT2D eigenvalue weighted by Gasteiger charge is -2.23. The first-order chi connectivity index (χ1) is 15.2. The third-order valence-electron chi connectivity index (χ3n) is 5.21. The van der Waals surface area contributed by atoms with Crippen LogP contribution < -0.4 is 15.4 Å². The maximum atomic E-state index is 12.7. The molecule has 0 aliphatic carbocycles. The fourth-order valence-corrected chi connectivity index (χ4v) is 4.13. The van der Waals surface area contributed by atoms with Crippen LogP contribution in [0.1, 0.15) is 23.2 Å². The molecule has 7 nitrogen and oxygen atoms in total. The molecule has 0 saturated carbocycles. The van der Waals surface area contributed by atoms with Gasteiger partial charge in [0.1, 0.15) is 17.7 Å². The van der Waals surface area contributed by atoms with Gasteiger partial charge < -0.3 is 15.4 Å². The first-order valence-corrected chi connectivity index (χ1v) is 11.1. The van der Waals surface area contributed by atoms with Gasteiger partial charge in [-0.2, -0.15) is 0 Å². The number of piperidine rings is 1. The monoisotopic (exact) mass is 431 g/mol. The van der Waals surface area contributed by atoms with Gasteiger partial charge in [-0.1, -0.05) is 0 Å². The van der Waals surface area contributed by atoms with Crippen molar-refractivity contribution in [3.8, 4) is 16.3 Å². The minimum absolute atomic E-state index is 0.223. The SMILES string of the molecule is O=C(Nc1cc2nc(-c3cncs3)ccc2cn1)c1ccc(OC2CCNCC2)cc1. The predicted molar refractivity (Wildman–Crippen MR) is 122 cm³/mol. The van der Waals surface area contributed by atoms with Gasteiger partial charge in [-0.15, -0.1) is 11.3 Å².